The van der Waals surface area contributed by atoms with Gasteiger partial charge < -0.3 is 15.4 Å². The highest BCUT2D eigenvalue weighted by atomic mass is 127. The molecule has 0 aliphatic carbocycles. The SMILES string of the molecule is CCNC(=NCC(C)Oc1ccc(F)cc1)NCCc1ccc(C)nc1.I. The maximum atomic E-state index is 12.9. The van der Waals surface area contributed by atoms with Crippen LogP contribution >= 0.6 is 24.0 Å². The molecule has 1 unspecified atom stereocenters. The number of hydrogen-bond donors (Lipinski definition) is 2. The van der Waals surface area contributed by atoms with Crippen molar-refractivity contribution >= 4 is 29.9 Å². The quantitative estimate of drug-likeness (QED) is 0.340. The Morgan fingerprint density at radius 1 is 1.19 bits per heavy atom. The lowest BCUT2D eigenvalue weighted by Crippen LogP contribution is -2.39. The molecule has 0 bridgehead atoms. The molecule has 2 N–H and O–H groups in total. The average Bonchev–Trinajstić information content (AvgIpc) is 2.63. The summed E-state index contributed by atoms with van der Waals surface area (Å²) in [6.45, 7) is 7.99. The molecule has 0 aliphatic heterocycles. The van der Waals surface area contributed by atoms with Crippen molar-refractivity contribution in [2.24, 2.45) is 4.99 Å². The van der Waals surface area contributed by atoms with Crippen LogP contribution in [0.25, 0.3) is 0 Å². The van der Waals surface area contributed by atoms with Crippen molar-refractivity contribution in [1.29, 1.82) is 0 Å². The molecule has 0 fully saturated rings. The van der Waals surface area contributed by atoms with Gasteiger partial charge in [0, 0.05) is 25.0 Å². The fourth-order valence-corrected chi connectivity index (χ4v) is 2.32. The number of guanidine groups is 1. The standard InChI is InChI=1S/C20H27FN4O.HI/c1-4-22-20(23-12-11-17-6-5-15(2)24-14-17)25-13-16(3)26-19-9-7-18(21)8-10-19;/h5-10,14,16H,4,11-13H2,1-3H3,(H2,22,23,25);1H. The van der Waals surface area contributed by atoms with Crippen LogP contribution in [0.2, 0.25) is 0 Å². The number of rotatable bonds is 8. The Kier molecular flexibility index (Phi) is 10.7. The van der Waals surface area contributed by atoms with E-state index in [1.54, 1.807) is 12.1 Å². The zero-order valence-electron chi connectivity index (χ0n) is 16.0. The Morgan fingerprint density at radius 2 is 1.93 bits per heavy atom. The van der Waals surface area contributed by atoms with E-state index in [0.717, 1.165) is 31.2 Å². The first-order valence-corrected chi connectivity index (χ1v) is 8.92. The number of benzene rings is 1. The van der Waals surface area contributed by atoms with E-state index in [2.05, 4.69) is 26.7 Å². The summed E-state index contributed by atoms with van der Waals surface area (Å²) in [5, 5.41) is 6.54. The van der Waals surface area contributed by atoms with Crippen molar-refractivity contribution < 1.29 is 9.13 Å². The topological polar surface area (TPSA) is 58.5 Å². The number of aromatic nitrogens is 1. The Balaban J connectivity index is 0.00000364. The molecule has 0 spiro atoms. The van der Waals surface area contributed by atoms with E-state index in [0.29, 0.717) is 12.3 Å². The van der Waals surface area contributed by atoms with E-state index in [-0.39, 0.29) is 35.9 Å². The highest BCUT2D eigenvalue weighted by Crippen LogP contribution is 2.13. The van der Waals surface area contributed by atoms with Crippen LogP contribution in [0.1, 0.15) is 25.1 Å². The molecule has 0 saturated carbocycles. The number of halogens is 2. The van der Waals surface area contributed by atoms with Crippen molar-refractivity contribution in [1.82, 2.24) is 15.6 Å². The summed E-state index contributed by atoms with van der Waals surface area (Å²) in [6.07, 6.45) is 2.66. The lowest BCUT2D eigenvalue weighted by Gasteiger charge is -2.15. The number of aliphatic imine (C=N–C) groups is 1. The van der Waals surface area contributed by atoms with Gasteiger partial charge in [0.2, 0.25) is 0 Å². The molecule has 0 radical (unpaired) electrons. The van der Waals surface area contributed by atoms with Gasteiger partial charge in [0.1, 0.15) is 17.7 Å². The molecule has 0 amide bonds. The third-order valence-corrected chi connectivity index (χ3v) is 3.68. The molecule has 1 aromatic heterocycles. The first kappa shape index (κ1) is 23.1. The first-order chi connectivity index (χ1) is 12.6. The Bertz CT molecular complexity index is 692. The minimum absolute atomic E-state index is 0. The van der Waals surface area contributed by atoms with Crippen LogP contribution in [0.3, 0.4) is 0 Å². The van der Waals surface area contributed by atoms with Crippen LogP contribution in [-0.4, -0.2) is 36.7 Å². The summed E-state index contributed by atoms with van der Waals surface area (Å²) in [6, 6.07) is 10.1. The molecule has 0 aliphatic rings. The van der Waals surface area contributed by atoms with Gasteiger partial charge in [-0.25, -0.2) is 9.38 Å². The van der Waals surface area contributed by atoms with Gasteiger partial charge >= 0.3 is 0 Å². The molecule has 2 rings (SSSR count). The monoisotopic (exact) mass is 486 g/mol. The van der Waals surface area contributed by atoms with Crippen molar-refractivity contribution in [3.8, 4) is 5.75 Å². The normalized spacial score (nSPS) is 12.1. The second-order valence-corrected chi connectivity index (χ2v) is 6.09. The van der Waals surface area contributed by atoms with Crippen molar-refractivity contribution in [3.05, 3.63) is 59.7 Å². The van der Waals surface area contributed by atoms with E-state index < -0.39 is 0 Å². The van der Waals surface area contributed by atoms with E-state index in [9.17, 15) is 4.39 Å². The van der Waals surface area contributed by atoms with Gasteiger partial charge in [-0.2, -0.15) is 0 Å². The molecule has 1 atom stereocenters. The summed E-state index contributed by atoms with van der Waals surface area (Å²) in [7, 11) is 0. The average molecular weight is 486 g/mol. The van der Waals surface area contributed by atoms with Crippen LogP contribution in [0.5, 0.6) is 5.75 Å². The van der Waals surface area contributed by atoms with Gasteiger partial charge in [0.05, 0.1) is 6.54 Å². The Morgan fingerprint density at radius 3 is 2.56 bits per heavy atom. The van der Waals surface area contributed by atoms with Gasteiger partial charge in [-0.3, -0.25) is 4.98 Å². The molecular weight excluding hydrogens is 458 g/mol. The maximum absolute atomic E-state index is 12.9. The summed E-state index contributed by atoms with van der Waals surface area (Å²) in [5.41, 5.74) is 2.21. The summed E-state index contributed by atoms with van der Waals surface area (Å²) in [5.74, 6) is 1.12. The second kappa shape index (κ2) is 12.5. The van der Waals surface area contributed by atoms with Gasteiger partial charge in [0.15, 0.2) is 5.96 Å². The van der Waals surface area contributed by atoms with Crippen LogP contribution in [0.4, 0.5) is 4.39 Å². The largest absolute Gasteiger partial charge is 0.489 e. The lowest BCUT2D eigenvalue weighted by atomic mass is 10.2. The number of hydrogen-bond acceptors (Lipinski definition) is 3. The highest BCUT2D eigenvalue weighted by molar-refractivity contribution is 14.0. The number of ether oxygens (including phenoxy) is 1. The van der Waals surface area contributed by atoms with E-state index in [1.807, 2.05) is 33.0 Å². The van der Waals surface area contributed by atoms with Gasteiger partial charge in [-0.1, -0.05) is 6.07 Å². The van der Waals surface area contributed by atoms with Gasteiger partial charge in [0.25, 0.3) is 0 Å². The van der Waals surface area contributed by atoms with Crippen molar-refractivity contribution in [3.63, 3.8) is 0 Å². The number of nitrogens with zero attached hydrogens (tertiary/aromatic N) is 2. The van der Waals surface area contributed by atoms with Crippen LogP contribution < -0.4 is 15.4 Å². The predicted molar refractivity (Wildman–Crippen MR) is 119 cm³/mol. The van der Waals surface area contributed by atoms with E-state index >= 15 is 0 Å². The van der Waals surface area contributed by atoms with Crippen LogP contribution in [-0.2, 0) is 6.42 Å². The summed E-state index contributed by atoms with van der Waals surface area (Å²) < 4.78 is 18.7. The van der Waals surface area contributed by atoms with E-state index in [1.165, 1.54) is 17.7 Å². The number of aryl methyl sites for hydroxylation is 1. The van der Waals surface area contributed by atoms with Crippen LogP contribution in [0.15, 0.2) is 47.6 Å². The predicted octanol–water partition coefficient (Wildman–Crippen LogP) is 3.71. The molecule has 1 aromatic carbocycles. The zero-order chi connectivity index (χ0) is 18.8. The minimum atomic E-state index is -0.273. The molecule has 0 saturated heterocycles. The minimum Gasteiger partial charge on any atom is -0.489 e. The molecule has 1 heterocycles. The third-order valence-electron chi connectivity index (χ3n) is 3.68. The second-order valence-electron chi connectivity index (χ2n) is 6.09. The Hall–Kier alpha value is -1.90. The molecule has 148 valence electrons. The number of nitrogens with one attached hydrogen (secondary N) is 2. The maximum Gasteiger partial charge on any atom is 0.191 e. The smallest absolute Gasteiger partial charge is 0.191 e. The zero-order valence-corrected chi connectivity index (χ0v) is 18.4. The third kappa shape index (κ3) is 9.03. The number of pyridine rings is 1. The molecule has 5 nitrogen and oxygen atoms in total. The van der Waals surface area contributed by atoms with Gasteiger partial charge in [-0.05, 0) is 63.1 Å². The van der Waals surface area contributed by atoms with E-state index in [4.69, 9.17) is 4.74 Å². The van der Waals surface area contributed by atoms with Gasteiger partial charge in [-0.15, -0.1) is 24.0 Å². The fraction of sp³-hybridized carbons (Fsp3) is 0.400. The summed E-state index contributed by atoms with van der Waals surface area (Å²) in [4.78, 5) is 8.86. The molecule has 27 heavy (non-hydrogen) atoms. The highest BCUT2D eigenvalue weighted by Gasteiger charge is 2.05. The molecule has 2 aromatic rings. The molecule has 7 heteroatoms. The van der Waals surface area contributed by atoms with Crippen LogP contribution in [0, 0.1) is 12.7 Å². The summed E-state index contributed by atoms with van der Waals surface area (Å²) >= 11 is 0. The lowest BCUT2D eigenvalue weighted by molar-refractivity contribution is 0.230. The Labute approximate surface area is 177 Å². The molecular formula is C20H28FIN4O. The fourth-order valence-electron chi connectivity index (χ4n) is 2.32. The first-order valence-electron chi connectivity index (χ1n) is 8.92. The van der Waals surface area contributed by atoms with Crippen molar-refractivity contribution in [2.45, 2.75) is 33.3 Å². The van der Waals surface area contributed by atoms with Crippen molar-refractivity contribution in [2.75, 3.05) is 19.6 Å².